The van der Waals surface area contributed by atoms with Crippen LogP contribution in [0.25, 0.3) is 0 Å². The summed E-state index contributed by atoms with van der Waals surface area (Å²) in [7, 11) is 0. The number of rotatable bonds is 4. The van der Waals surface area contributed by atoms with E-state index < -0.39 is 18.1 Å². The van der Waals surface area contributed by atoms with Gasteiger partial charge in [0.25, 0.3) is 6.43 Å². The van der Waals surface area contributed by atoms with Gasteiger partial charge >= 0.3 is 5.97 Å². The summed E-state index contributed by atoms with van der Waals surface area (Å²) < 4.78 is 42.2. The molecule has 0 saturated carbocycles. The summed E-state index contributed by atoms with van der Waals surface area (Å²) in [4.78, 5) is 11.6. The lowest BCUT2D eigenvalue weighted by Crippen LogP contribution is -2.18. The van der Waals surface area contributed by atoms with Crippen LogP contribution in [0, 0.1) is 0 Å². The van der Waals surface area contributed by atoms with Crippen LogP contribution in [0.5, 0.6) is 0 Å². The van der Waals surface area contributed by atoms with Crippen molar-refractivity contribution in [3.8, 4) is 0 Å². The molecule has 1 fully saturated rings. The third-order valence-electron chi connectivity index (χ3n) is 3.74. The summed E-state index contributed by atoms with van der Waals surface area (Å²) in [5.74, 6) is -0.778. The number of allylic oxidation sites excluding steroid dienone is 1. The predicted octanol–water partition coefficient (Wildman–Crippen LogP) is 4.01. The molecule has 0 spiro atoms. The molecule has 0 N–H and O–H groups in total. The SMILES string of the molecule is C1=COCCC1.CCOC(=O)c1cn(C2CCCCO2)nc1C(F)F. The molecule has 3 heterocycles. The van der Waals surface area contributed by atoms with E-state index in [1.807, 2.05) is 6.08 Å². The summed E-state index contributed by atoms with van der Waals surface area (Å²) in [6.45, 7) is 3.24. The number of halogens is 2. The normalized spacial score (nSPS) is 19.8. The van der Waals surface area contributed by atoms with Crippen LogP contribution in [-0.4, -0.2) is 35.6 Å². The molecule has 1 aromatic rings. The van der Waals surface area contributed by atoms with E-state index in [0.29, 0.717) is 13.0 Å². The van der Waals surface area contributed by atoms with Crippen molar-refractivity contribution in [2.45, 2.75) is 51.7 Å². The minimum Gasteiger partial charge on any atom is -0.502 e. The van der Waals surface area contributed by atoms with Crippen LogP contribution in [0.3, 0.4) is 0 Å². The van der Waals surface area contributed by atoms with Crippen LogP contribution in [0.1, 0.15) is 67.7 Å². The molecular formula is C17H24F2N2O4. The second-order valence-electron chi connectivity index (χ2n) is 5.64. The van der Waals surface area contributed by atoms with Crippen molar-refractivity contribution in [3.05, 3.63) is 29.8 Å². The Morgan fingerprint density at radius 1 is 1.40 bits per heavy atom. The molecular weight excluding hydrogens is 334 g/mol. The van der Waals surface area contributed by atoms with Crippen molar-refractivity contribution < 1.29 is 27.8 Å². The van der Waals surface area contributed by atoms with E-state index >= 15 is 0 Å². The molecule has 6 nitrogen and oxygen atoms in total. The molecule has 1 saturated heterocycles. The fourth-order valence-corrected chi connectivity index (χ4v) is 2.50. The Hall–Kier alpha value is -1.96. The summed E-state index contributed by atoms with van der Waals surface area (Å²) >= 11 is 0. The summed E-state index contributed by atoms with van der Waals surface area (Å²) in [5, 5.41) is 3.78. The van der Waals surface area contributed by atoms with Gasteiger partial charge in [-0.15, -0.1) is 0 Å². The van der Waals surface area contributed by atoms with E-state index in [4.69, 9.17) is 14.2 Å². The van der Waals surface area contributed by atoms with E-state index in [9.17, 15) is 13.6 Å². The van der Waals surface area contributed by atoms with Gasteiger partial charge in [0.05, 0.1) is 19.5 Å². The summed E-state index contributed by atoms with van der Waals surface area (Å²) in [6.07, 6.45) is 6.89. The number of alkyl halides is 2. The first-order valence-electron chi connectivity index (χ1n) is 8.56. The van der Waals surface area contributed by atoms with Crippen LogP contribution in [0.15, 0.2) is 18.5 Å². The number of carbonyl (C=O) groups excluding carboxylic acids is 1. The van der Waals surface area contributed by atoms with Crippen molar-refractivity contribution in [1.82, 2.24) is 9.78 Å². The molecule has 2 aliphatic rings. The van der Waals surface area contributed by atoms with Gasteiger partial charge in [0.1, 0.15) is 17.5 Å². The molecule has 3 rings (SSSR count). The summed E-state index contributed by atoms with van der Waals surface area (Å²) in [6, 6.07) is 0. The fraction of sp³-hybridized carbons (Fsp3) is 0.647. The molecule has 0 bridgehead atoms. The Balaban J connectivity index is 0.000000316. The third-order valence-corrected chi connectivity index (χ3v) is 3.74. The average molecular weight is 358 g/mol. The zero-order valence-corrected chi connectivity index (χ0v) is 14.3. The monoisotopic (exact) mass is 358 g/mol. The lowest BCUT2D eigenvalue weighted by atomic mass is 10.2. The predicted molar refractivity (Wildman–Crippen MR) is 86.3 cm³/mol. The molecule has 2 aliphatic heterocycles. The first kappa shape index (κ1) is 19.4. The number of hydrogen-bond donors (Lipinski definition) is 0. The molecule has 25 heavy (non-hydrogen) atoms. The highest BCUT2D eigenvalue weighted by molar-refractivity contribution is 5.90. The minimum absolute atomic E-state index is 0.132. The van der Waals surface area contributed by atoms with Crippen LogP contribution in [0.4, 0.5) is 8.78 Å². The lowest BCUT2D eigenvalue weighted by molar-refractivity contribution is -0.0402. The average Bonchev–Trinajstić information content (AvgIpc) is 3.11. The van der Waals surface area contributed by atoms with Gasteiger partial charge in [0, 0.05) is 12.8 Å². The Labute approximate surface area is 145 Å². The van der Waals surface area contributed by atoms with E-state index in [-0.39, 0.29) is 18.4 Å². The zero-order valence-electron chi connectivity index (χ0n) is 14.3. The summed E-state index contributed by atoms with van der Waals surface area (Å²) in [5.41, 5.74) is -0.737. The maximum absolute atomic E-state index is 12.9. The molecule has 8 heteroatoms. The second-order valence-corrected chi connectivity index (χ2v) is 5.64. The minimum atomic E-state index is -2.82. The molecule has 140 valence electrons. The number of carbonyl (C=O) groups is 1. The quantitative estimate of drug-likeness (QED) is 0.761. The van der Waals surface area contributed by atoms with Crippen LogP contribution < -0.4 is 0 Å². The number of aromatic nitrogens is 2. The number of nitrogens with zero attached hydrogens (tertiary/aromatic N) is 2. The van der Waals surface area contributed by atoms with E-state index in [1.54, 1.807) is 13.2 Å². The van der Waals surface area contributed by atoms with E-state index in [2.05, 4.69) is 5.10 Å². The van der Waals surface area contributed by atoms with Gasteiger partial charge in [-0.05, 0) is 45.1 Å². The van der Waals surface area contributed by atoms with Gasteiger partial charge < -0.3 is 14.2 Å². The molecule has 0 radical (unpaired) electrons. The van der Waals surface area contributed by atoms with E-state index in [0.717, 1.165) is 19.4 Å². The Morgan fingerprint density at radius 3 is 2.72 bits per heavy atom. The van der Waals surface area contributed by atoms with Gasteiger partial charge in [-0.1, -0.05) is 0 Å². The maximum Gasteiger partial charge on any atom is 0.341 e. The molecule has 1 atom stereocenters. The smallest absolute Gasteiger partial charge is 0.341 e. The zero-order chi connectivity index (χ0) is 18.1. The number of hydrogen-bond acceptors (Lipinski definition) is 5. The lowest BCUT2D eigenvalue weighted by Gasteiger charge is -2.22. The van der Waals surface area contributed by atoms with Crippen molar-refractivity contribution in [2.75, 3.05) is 19.8 Å². The van der Waals surface area contributed by atoms with Crippen molar-refractivity contribution >= 4 is 5.97 Å². The first-order valence-corrected chi connectivity index (χ1v) is 8.56. The molecule has 0 amide bonds. The Morgan fingerprint density at radius 2 is 2.24 bits per heavy atom. The molecule has 1 unspecified atom stereocenters. The highest BCUT2D eigenvalue weighted by Crippen LogP contribution is 2.27. The molecule has 0 aliphatic carbocycles. The van der Waals surface area contributed by atoms with Gasteiger partial charge in [-0.25, -0.2) is 18.3 Å². The largest absolute Gasteiger partial charge is 0.502 e. The van der Waals surface area contributed by atoms with Crippen molar-refractivity contribution in [3.63, 3.8) is 0 Å². The van der Waals surface area contributed by atoms with Crippen molar-refractivity contribution in [1.29, 1.82) is 0 Å². The van der Waals surface area contributed by atoms with Gasteiger partial charge in [-0.3, -0.25) is 0 Å². The van der Waals surface area contributed by atoms with Crippen LogP contribution in [-0.2, 0) is 14.2 Å². The highest BCUT2D eigenvalue weighted by atomic mass is 19.3. The standard InChI is InChI=1S/C12H16F2N2O3.C5H8O/c1-2-18-12(17)8-7-16(15-10(8)11(13)14)9-5-3-4-6-19-9;1-2-4-6-5-3-1/h7,9,11H,2-6H2,1H3;2,4H,1,3,5H2. The second kappa shape index (κ2) is 10.1. The Kier molecular flexibility index (Phi) is 7.84. The maximum atomic E-state index is 12.9. The van der Waals surface area contributed by atoms with Crippen molar-refractivity contribution in [2.24, 2.45) is 0 Å². The van der Waals surface area contributed by atoms with E-state index in [1.165, 1.54) is 23.7 Å². The molecule has 0 aromatic carbocycles. The van der Waals surface area contributed by atoms with Gasteiger partial charge in [-0.2, -0.15) is 5.10 Å². The molecule has 1 aromatic heterocycles. The Bertz CT molecular complexity index is 561. The van der Waals surface area contributed by atoms with Gasteiger partial charge in [0.15, 0.2) is 0 Å². The number of esters is 1. The van der Waals surface area contributed by atoms with Crippen LogP contribution >= 0.6 is 0 Å². The topological polar surface area (TPSA) is 62.6 Å². The van der Waals surface area contributed by atoms with Crippen LogP contribution in [0.2, 0.25) is 0 Å². The van der Waals surface area contributed by atoms with Gasteiger partial charge in [0.2, 0.25) is 0 Å². The third kappa shape index (κ3) is 5.81. The highest BCUT2D eigenvalue weighted by Gasteiger charge is 2.27. The number of ether oxygens (including phenoxy) is 3. The first-order chi connectivity index (χ1) is 12.1. The fourth-order valence-electron chi connectivity index (χ4n) is 2.50.